The van der Waals surface area contributed by atoms with Crippen molar-refractivity contribution in [1.82, 2.24) is 4.90 Å². The number of hydrogen-bond acceptors (Lipinski definition) is 3. The largest absolute Gasteiger partial charge is 0.305 e. The molecule has 1 amide bonds. The third-order valence-electron chi connectivity index (χ3n) is 1.77. The number of amides is 1. The number of rotatable bonds is 1. The maximum absolute atomic E-state index is 10.8. The van der Waals surface area contributed by atoms with Crippen LogP contribution in [0.3, 0.4) is 0 Å². The molecule has 2 aliphatic rings. The molecular weight excluding hydrogens is 160 g/mol. The van der Waals surface area contributed by atoms with Crippen molar-refractivity contribution < 1.29 is 4.79 Å². The van der Waals surface area contributed by atoms with Crippen molar-refractivity contribution in [3.8, 4) is 6.07 Å². The summed E-state index contributed by atoms with van der Waals surface area (Å²) < 4.78 is 0. The van der Waals surface area contributed by atoms with Crippen LogP contribution >= 0.6 is 11.8 Å². The lowest BCUT2D eigenvalue weighted by Crippen LogP contribution is -2.44. The molecule has 0 aliphatic carbocycles. The van der Waals surface area contributed by atoms with E-state index in [0.717, 1.165) is 4.91 Å². The predicted octanol–water partition coefficient (Wildman–Crippen LogP) is 1.05. The summed E-state index contributed by atoms with van der Waals surface area (Å²) in [6.07, 6.45) is 2.87. The normalized spacial score (nSPS) is 27.2. The van der Waals surface area contributed by atoms with E-state index in [-0.39, 0.29) is 5.91 Å². The third-order valence-corrected chi connectivity index (χ3v) is 2.99. The number of fused-ring (bicyclic) bond motifs is 1. The van der Waals surface area contributed by atoms with Crippen LogP contribution in [0.25, 0.3) is 0 Å². The quantitative estimate of drug-likeness (QED) is 0.547. The van der Waals surface area contributed by atoms with Gasteiger partial charge in [0.15, 0.2) is 0 Å². The number of carbonyl (C=O) groups excluding carboxylic acids is 1. The van der Waals surface area contributed by atoms with Crippen molar-refractivity contribution in [2.75, 3.05) is 0 Å². The number of β-lactam (4-membered cyclic amide) rings is 1. The van der Waals surface area contributed by atoms with Gasteiger partial charge in [-0.25, -0.2) is 0 Å². The average molecular weight is 166 g/mol. The van der Waals surface area contributed by atoms with E-state index in [4.69, 9.17) is 5.26 Å². The molecule has 0 saturated carbocycles. The van der Waals surface area contributed by atoms with Crippen LogP contribution in [0.2, 0.25) is 0 Å². The van der Waals surface area contributed by atoms with Crippen molar-refractivity contribution in [2.45, 2.75) is 18.2 Å². The number of allylic oxidation sites excluding steroid dienone is 1. The topological polar surface area (TPSA) is 44.1 Å². The molecule has 56 valence electrons. The Morgan fingerprint density at radius 3 is 3.27 bits per heavy atom. The van der Waals surface area contributed by atoms with Crippen LogP contribution in [0.1, 0.15) is 12.8 Å². The van der Waals surface area contributed by atoms with E-state index in [9.17, 15) is 4.79 Å². The van der Waals surface area contributed by atoms with E-state index in [2.05, 4.69) is 6.07 Å². The molecule has 1 fully saturated rings. The van der Waals surface area contributed by atoms with Gasteiger partial charge in [-0.1, -0.05) is 0 Å². The van der Waals surface area contributed by atoms with Crippen molar-refractivity contribution in [1.29, 1.82) is 5.26 Å². The lowest BCUT2D eigenvalue weighted by atomic mass is 10.2. The average Bonchev–Trinajstić information content (AvgIpc) is 2.29. The Bertz CT molecular complexity index is 279. The lowest BCUT2D eigenvalue weighted by Gasteiger charge is -2.31. The third kappa shape index (κ3) is 0.925. The van der Waals surface area contributed by atoms with Gasteiger partial charge in [-0.2, -0.15) is 5.26 Å². The second-order valence-electron chi connectivity index (χ2n) is 2.51. The Balaban J connectivity index is 2.07. The number of nitrogens with zero attached hydrogens (tertiary/aromatic N) is 2. The molecule has 1 atom stereocenters. The molecule has 0 N–H and O–H groups in total. The first kappa shape index (κ1) is 6.74. The molecule has 0 spiro atoms. The Morgan fingerprint density at radius 2 is 2.73 bits per heavy atom. The number of nitriles is 1. The first-order valence-electron chi connectivity index (χ1n) is 3.37. The van der Waals surface area contributed by atoms with Crippen molar-refractivity contribution in [3.05, 3.63) is 11.1 Å². The monoisotopic (exact) mass is 166 g/mol. The van der Waals surface area contributed by atoms with E-state index in [1.807, 2.05) is 0 Å². The van der Waals surface area contributed by atoms with Crippen molar-refractivity contribution >= 4 is 17.7 Å². The number of carbonyl (C=O) groups is 1. The van der Waals surface area contributed by atoms with E-state index >= 15 is 0 Å². The molecule has 0 radical (unpaired) electrons. The highest BCUT2D eigenvalue weighted by atomic mass is 32.2. The van der Waals surface area contributed by atoms with Gasteiger partial charge in [0.05, 0.1) is 24.3 Å². The van der Waals surface area contributed by atoms with Crippen LogP contribution in [-0.4, -0.2) is 16.2 Å². The highest BCUT2D eigenvalue weighted by Gasteiger charge is 2.40. The van der Waals surface area contributed by atoms with Crippen molar-refractivity contribution in [2.24, 2.45) is 0 Å². The van der Waals surface area contributed by atoms with Gasteiger partial charge in [-0.15, -0.1) is 11.8 Å². The highest BCUT2D eigenvalue weighted by Crippen LogP contribution is 2.42. The van der Waals surface area contributed by atoms with E-state index in [1.54, 1.807) is 22.9 Å². The van der Waals surface area contributed by atoms with Crippen LogP contribution in [0.4, 0.5) is 0 Å². The minimum absolute atomic E-state index is 0.176. The second-order valence-corrected chi connectivity index (χ2v) is 3.81. The minimum atomic E-state index is 0.176. The summed E-state index contributed by atoms with van der Waals surface area (Å²) in [7, 11) is 0. The first-order chi connectivity index (χ1) is 5.31. The molecule has 11 heavy (non-hydrogen) atoms. The standard InChI is InChI=1S/C7H6N2OS/c8-2-1-5-4-9-6(10)3-7(9)11-5/h4,7H,1,3H2/t7-/m1/s1. The van der Waals surface area contributed by atoms with E-state index in [0.29, 0.717) is 18.2 Å². The summed E-state index contributed by atoms with van der Waals surface area (Å²) in [6.45, 7) is 0. The van der Waals surface area contributed by atoms with E-state index in [1.165, 1.54) is 0 Å². The van der Waals surface area contributed by atoms with Gasteiger partial charge in [-0.3, -0.25) is 4.79 Å². The molecule has 2 heterocycles. The van der Waals surface area contributed by atoms with Gasteiger partial charge in [-0.05, 0) is 0 Å². The fourth-order valence-electron chi connectivity index (χ4n) is 1.18. The van der Waals surface area contributed by atoms with Gasteiger partial charge in [0.1, 0.15) is 0 Å². The molecule has 0 aromatic heterocycles. The Kier molecular flexibility index (Phi) is 1.40. The van der Waals surface area contributed by atoms with Crippen LogP contribution in [-0.2, 0) is 4.79 Å². The Hall–Kier alpha value is -0.950. The fraction of sp³-hybridized carbons (Fsp3) is 0.429. The molecule has 0 aromatic carbocycles. The second kappa shape index (κ2) is 2.28. The van der Waals surface area contributed by atoms with Crippen molar-refractivity contribution in [3.63, 3.8) is 0 Å². The van der Waals surface area contributed by atoms with Crippen LogP contribution in [0.15, 0.2) is 11.1 Å². The van der Waals surface area contributed by atoms with Gasteiger partial charge in [0, 0.05) is 11.1 Å². The Labute approximate surface area is 68.7 Å². The fourth-order valence-corrected chi connectivity index (χ4v) is 2.37. The summed E-state index contributed by atoms with van der Waals surface area (Å²) in [5, 5.41) is 8.69. The molecule has 0 aromatic rings. The molecule has 1 saturated heterocycles. The molecular formula is C7H6N2OS. The van der Waals surface area contributed by atoms with Crippen LogP contribution in [0, 0.1) is 11.3 Å². The zero-order chi connectivity index (χ0) is 7.84. The lowest BCUT2D eigenvalue weighted by molar-refractivity contribution is -0.137. The van der Waals surface area contributed by atoms with Gasteiger partial charge >= 0.3 is 0 Å². The zero-order valence-electron chi connectivity index (χ0n) is 5.78. The summed E-state index contributed by atoms with van der Waals surface area (Å²) in [5.74, 6) is 0.176. The highest BCUT2D eigenvalue weighted by molar-refractivity contribution is 8.04. The molecule has 0 bridgehead atoms. The molecule has 4 heteroatoms. The number of hydrogen-bond donors (Lipinski definition) is 0. The maximum Gasteiger partial charge on any atom is 0.230 e. The molecule has 0 unspecified atom stereocenters. The predicted molar refractivity (Wildman–Crippen MR) is 41.2 cm³/mol. The Morgan fingerprint density at radius 1 is 1.91 bits per heavy atom. The van der Waals surface area contributed by atoms with Crippen LogP contribution < -0.4 is 0 Å². The summed E-state index contributed by atoms with van der Waals surface area (Å²) >= 11 is 1.63. The summed E-state index contributed by atoms with van der Waals surface area (Å²) in [4.78, 5) is 13.6. The van der Waals surface area contributed by atoms with E-state index < -0.39 is 0 Å². The van der Waals surface area contributed by atoms with Crippen LogP contribution in [0.5, 0.6) is 0 Å². The molecule has 2 rings (SSSR count). The summed E-state index contributed by atoms with van der Waals surface area (Å²) in [6, 6.07) is 2.07. The molecule has 2 aliphatic heterocycles. The SMILES string of the molecule is N#CCC1=CN2C(=O)C[C@H]2S1. The zero-order valence-corrected chi connectivity index (χ0v) is 6.60. The minimum Gasteiger partial charge on any atom is -0.305 e. The number of thioether (sulfide) groups is 1. The van der Waals surface area contributed by atoms with Gasteiger partial charge in [0.2, 0.25) is 5.91 Å². The maximum atomic E-state index is 10.8. The van der Waals surface area contributed by atoms with Gasteiger partial charge in [0.25, 0.3) is 0 Å². The molecule has 3 nitrogen and oxygen atoms in total. The van der Waals surface area contributed by atoms with Gasteiger partial charge < -0.3 is 4.90 Å². The summed E-state index contributed by atoms with van der Waals surface area (Å²) in [5.41, 5.74) is 0. The smallest absolute Gasteiger partial charge is 0.230 e. The first-order valence-corrected chi connectivity index (χ1v) is 4.24.